The monoisotopic (exact) mass is 741 g/mol. The minimum Gasteiger partial charge on any atom is -0.383 e. The van der Waals surface area contributed by atoms with E-state index in [2.05, 4.69) is 187 Å². The topological polar surface area (TPSA) is 50.4 Å². The lowest BCUT2D eigenvalue weighted by Crippen LogP contribution is -2.36. The summed E-state index contributed by atoms with van der Waals surface area (Å²) < 4.78 is 2.53. The molecule has 0 fully saturated rings. The van der Waals surface area contributed by atoms with E-state index in [0.717, 1.165) is 35.1 Å². The molecule has 0 aliphatic heterocycles. The fourth-order valence-corrected chi connectivity index (χ4v) is 8.94. The third-order valence-corrected chi connectivity index (χ3v) is 11.9. The van der Waals surface area contributed by atoms with Gasteiger partial charge in [-0.05, 0) is 81.1 Å². The molecule has 2 atom stereocenters. The smallest absolute Gasteiger partial charge is 0.128 e. The van der Waals surface area contributed by atoms with Crippen LogP contribution in [0.25, 0.3) is 55.1 Å². The van der Waals surface area contributed by atoms with E-state index in [1.54, 1.807) is 0 Å². The van der Waals surface area contributed by atoms with Gasteiger partial charge in [-0.1, -0.05) is 176 Å². The molecule has 0 saturated carbocycles. The minimum absolute atomic E-state index is 0.381. The number of hydrogen-bond donors (Lipinski definition) is 2. The molecule has 2 unspecified atom stereocenters. The van der Waals surface area contributed by atoms with Crippen LogP contribution in [0.15, 0.2) is 193 Å². The summed E-state index contributed by atoms with van der Waals surface area (Å²) in [6.45, 7) is 0.652. The van der Waals surface area contributed by atoms with Crippen molar-refractivity contribution in [3.8, 4) is 33.4 Å². The molecule has 2 aliphatic carbocycles. The Morgan fingerprint density at radius 3 is 2.12 bits per heavy atom. The molecule has 0 radical (unpaired) electrons. The summed E-state index contributed by atoms with van der Waals surface area (Å²) in [5.74, 6) is 0.934. The first-order valence-corrected chi connectivity index (χ1v) is 20.2. The quantitative estimate of drug-likeness (QED) is 0.108. The Morgan fingerprint density at radius 1 is 0.679 bits per heavy atom. The summed E-state index contributed by atoms with van der Waals surface area (Å²) in [5, 5.41) is 6.25. The first-order chi connectivity index (χ1) is 27.7. The van der Waals surface area contributed by atoms with Crippen molar-refractivity contribution in [2.24, 2.45) is 10.7 Å². The van der Waals surface area contributed by atoms with Gasteiger partial charge in [0, 0.05) is 37.9 Å². The molecule has 1 aromatic heterocycles. The first kappa shape index (κ1) is 35.4. The maximum absolute atomic E-state index is 6.93. The van der Waals surface area contributed by atoms with Crippen molar-refractivity contribution in [2.45, 2.75) is 31.5 Å². The van der Waals surface area contributed by atoms with E-state index in [9.17, 15) is 0 Å². The lowest BCUT2D eigenvalue weighted by Gasteiger charge is -2.18. The van der Waals surface area contributed by atoms with Crippen LogP contribution in [0.4, 0.5) is 0 Å². The Morgan fingerprint density at radius 2 is 1.36 bits per heavy atom. The Labute approximate surface area is 332 Å². The van der Waals surface area contributed by atoms with Crippen molar-refractivity contribution in [1.29, 1.82) is 0 Å². The second kappa shape index (κ2) is 16.2. The van der Waals surface area contributed by atoms with Crippen molar-refractivity contribution in [3.63, 3.8) is 0 Å². The molecule has 2 aliphatic rings. The molecule has 9 rings (SSSR count). The van der Waals surface area contributed by atoms with Gasteiger partial charge in [-0.3, -0.25) is 5.32 Å². The standard InChI is InChI=1S/C52H43N3S/c53-51(45-23-13-22-43(33-45)38-18-8-3-9-19-38)55-52(54-35-36-14-4-1-5-15-36)46-24-10-11-25-49-50(46)47-34-44(30-31-48(47)56-49)40-28-26-39(27-29-40)42-21-12-20-41(32-42)37-16-6-2-7-17-37/h1-10,12-16,18-34,37,52,54H,11,17,35H2,(H2,53,55). The average Bonchev–Trinajstić information content (AvgIpc) is 3.50. The van der Waals surface area contributed by atoms with Crippen LogP contribution in [0, 0.1) is 0 Å². The van der Waals surface area contributed by atoms with Crippen LogP contribution >= 0.6 is 11.3 Å². The van der Waals surface area contributed by atoms with E-state index in [1.165, 1.54) is 53.2 Å². The van der Waals surface area contributed by atoms with Gasteiger partial charge >= 0.3 is 0 Å². The van der Waals surface area contributed by atoms with Crippen molar-refractivity contribution < 1.29 is 0 Å². The van der Waals surface area contributed by atoms with Gasteiger partial charge in [0.25, 0.3) is 0 Å². The number of nitrogens with zero attached hydrogens (tertiary/aromatic N) is 1. The van der Waals surface area contributed by atoms with Gasteiger partial charge in [-0.25, -0.2) is 4.99 Å². The van der Waals surface area contributed by atoms with Gasteiger partial charge < -0.3 is 5.73 Å². The second-order valence-corrected chi connectivity index (χ2v) is 15.5. The van der Waals surface area contributed by atoms with Crippen LogP contribution in [0.5, 0.6) is 0 Å². The minimum atomic E-state index is -0.381. The normalized spacial score (nSPS) is 15.7. The molecule has 3 nitrogen and oxygen atoms in total. The number of aliphatic imine (C=N–C) groups is 1. The van der Waals surface area contributed by atoms with Gasteiger partial charge in [-0.2, -0.15) is 0 Å². The maximum Gasteiger partial charge on any atom is 0.128 e. The molecule has 4 heteroatoms. The molecule has 0 amide bonds. The highest BCUT2D eigenvalue weighted by Crippen LogP contribution is 2.31. The fraction of sp³-hybridized carbons (Fsp3) is 0.0962. The number of nitrogens with one attached hydrogen (secondary N) is 1. The predicted octanol–water partition coefficient (Wildman–Crippen LogP) is 10.9. The van der Waals surface area contributed by atoms with E-state index in [-0.39, 0.29) is 6.17 Å². The van der Waals surface area contributed by atoms with Crippen molar-refractivity contribution >= 4 is 38.9 Å². The summed E-state index contributed by atoms with van der Waals surface area (Å²) in [6.07, 6.45) is 17.2. The number of allylic oxidation sites excluding steroid dienone is 5. The van der Waals surface area contributed by atoms with Gasteiger partial charge in [0.05, 0.1) is 0 Å². The highest BCUT2D eigenvalue weighted by atomic mass is 32.1. The van der Waals surface area contributed by atoms with Gasteiger partial charge in [-0.15, -0.1) is 11.3 Å². The molecule has 56 heavy (non-hydrogen) atoms. The summed E-state index contributed by atoms with van der Waals surface area (Å²) in [4.78, 5) is 5.28. The van der Waals surface area contributed by atoms with E-state index in [1.807, 2.05) is 23.5 Å². The molecule has 7 aromatic rings. The van der Waals surface area contributed by atoms with E-state index < -0.39 is 0 Å². The third kappa shape index (κ3) is 7.63. The molecule has 6 aromatic carbocycles. The first-order valence-electron chi connectivity index (χ1n) is 19.4. The molecular weight excluding hydrogens is 699 g/mol. The van der Waals surface area contributed by atoms with Crippen molar-refractivity contribution in [2.75, 3.05) is 0 Å². The lowest BCUT2D eigenvalue weighted by molar-refractivity contribution is 0.626. The van der Waals surface area contributed by atoms with Crippen LogP contribution in [-0.4, -0.2) is 12.0 Å². The number of nitrogens with two attached hydrogens (primary N) is 1. The molecule has 0 spiro atoms. The van der Waals surface area contributed by atoms with E-state index in [4.69, 9.17) is 10.7 Å². The maximum atomic E-state index is 6.93. The number of hydrogen-bond acceptors (Lipinski definition) is 3. The zero-order chi connectivity index (χ0) is 37.7. The second-order valence-electron chi connectivity index (χ2n) is 14.4. The molecule has 0 bridgehead atoms. The summed E-state index contributed by atoms with van der Waals surface area (Å²) >= 11 is 1.85. The Kier molecular flexibility index (Phi) is 10.2. The Balaban J connectivity index is 1.10. The number of rotatable bonds is 10. The summed E-state index contributed by atoms with van der Waals surface area (Å²) in [6, 6.07) is 54.2. The third-order valence-electron chi connectivity index (χ3n) is 10.8. The molecular formula is C52H43N3S. The number of thiophene rings is 1. The fourth-order valence-electron chi connectivity index (χ4n) is 7.79. The molecule has 3 N–H and O–H groups in total. The predicted molar refractivity (Wildman–Crippen MR) is 239 cm³/mol. The van der Waals surface area contributed by atoms with E-state index >= 15 is 0 Å². The van der Waals surface area contributed by atoms with Crippen LogP contribution < -0.4 is 20.8 Å². The highest BCUT2D eigenvalue weighted by molar-refractivity contribution is 7.17. The molecule has 1 heterocycles. The molecule has 0 saturated heterocycles. The zero-order valence-corrected chi connectivity index (χ0v) is 32.0. The largest absolute Gasteiger partial charge is 0.383 e. The zero-order valence-electron chi connectivity index (χ0n) is 31.2. The van der Waals surface area contributed by atoms with E-state index in [0.29, 0.717) is 18.3 Å². The van der Waals surface area contributed by atoms with Crippen molar-refractivity contribution in [1.82, 2.24) is 5.32 Å². The Bertz CT molecular complexity index is 2750. The van der Waals surface area contributed by atoms with Crippen molar-refractivity contribution in [3.05, 3.63) is 215 Å². The number of benzene rings is 6. The van der Waals surface area contributed by atoms with Crippen LogP contribution in [0.1, 0.15) is 35.4 Å². The number of amidine groups is 1. The lowest BCUT2D eigenvalue weighted by atomic mass is 9.90. The van der Waals surface area contributed by atoms with Crippen LogP contribution in [-0.2, 0) is 6.54 Å². The summed E-state index contributed by atoms with van der Waals surface area (Å²) in [7, 11) is 0. The SMILES string of the molecule is N/C(=N\C(NCc1ccccc1)C1=c2c(sc3ccc(-c4ccc(-c5cccc(C6C=CC=CC6)c5)cc4)cc23)=CCC=C1)c1cccc(-c2ccccc2)c1. The average molecular weight is 742 g/mol. The van der Waals surface area contributed by atoms with Crippen LogP contribution in [0.2, 0.25) is 0 Å². The van der Waals surface area contributed by atoms with Gasteiger partial charge in [0.2, 0.25) is 0 Å². The Hall–Kier alpha value is -6.33. The summed E-state index contributed by atoms with van der Waals surface area (Å²) in [5.41, 5.74) is 18.6. The number of fused-ring (bicyclic) bond motifs is 3. The van der Waals surface area contributed by atoms with Gasteiger partial charge in [0.15, 0.2) is 0 Å². The van der Waals surface area contributed by atoms with Gasteiger partial charge in [0.1, 0.15) is 12.0 Å². The highest BCUT2D eigenvalue weighted by Gasteiger charge is 2.18. The van der Waals surface area contributed by atoms with Crippen LogP contribution in [0.3, 0.4) is 0 Å². The molecule has 272 valence electrons.